The molecule has 1 atom stereocenters. The molecule has 3 aromatic carbocycles. The van der Waals surface area contributed by atoms with Crippen LogP contribution in [-0.2, 0) is 0 Å². The summed E-state index contributed by atoms with van der Waals surface area (Å²) in [6.45, 7) is 4.38. The van der Waals surface area contributed by atoms with E-state index in [1.54, 1.807) is 10.8 Å². The number of hydrogen-bond acceptors (Lipinski definition) is 8. The number of thiazole rings is 1. The van der Waals surface area contributed by atoms with Crippen LogP contribution >= 0.6 is 11.3 Å². The molecule has 0 saturated carbocycles. The van der Waals surface area contributed by atoms with Gasteiger partial charge in [0.2, 0.25) is 4.96 Å². The minimum atomic E-state index is -0.502. The molecule has 0 amide bonds. The van der Waals surface area contributed by atoms with E-state index in [1.165, 1.54) is 15.9 Å². The maximum absolute atomic E-state index is 13.4. The highest BCUT2D eigenvalue weighted by molar-refractivity contribution is 7.15. The highest BCUT2D eigenvalue weighted by atomic mass is 32.1. The Morgan fingerprint density at radius 1 is 1.00 bits per heavy atom. The van der Waals surface area contributed by atoms with E-state index in [1.807, 2.05) is 91.1 Å². The maximum Gasteiger partial charge on any atom is 0.291 e. The van der Waals surface area contributed by atoms with Crippen LogP contribution < -0.4 is 24.3 Å². The van der Waals surface area contributed by atoms with Crippen molar-refractivity contribution in [3.63, 3.8) is 0 Å². The van der Waals surface area contributed by atoms with Crippen molar-refractivity contribution in [3.8, 4) is 34.2 Å². The van der Waals surface area contributed by atoms with Gasteiger partial charge in [-0.15, -0.1) is 5.10 Å². The van der Waals surface area contributed by atoms with Crippen LogP contribution in [-0.4, -0.2) is 37.6 Å². The molecule has 0 spiro atoms. The highest BCUT2D eigenvalue weighted by Crippen LogP contribution is 2.35. The second-order valence-electron chi connectivity index (χ2n) is 9.28. The maximum atomic E-state index is 13.4. The van der Waals surface area contributed by atoms with Crippen LogP contribution in [0.3, 0.4) is 0 Å². The van der Waals surface area contributed by atoms with Crippen molar-refractivity contribution in [1.82, 2.24) is 24.4 Å². The van der Waals surface area contributed by atoms with Gasteiger partial charge in [0.25, 0.3) is 5.56 Å². The summed E-state index contributed by atoms with van der Waals surface area (Å²) in [6, 6.07) is 25.0. The zero-order chi connectivity index (χ0) is 27.8. The molecule has 0 N–H and O–H groups in total. The predicted molar refractivity (Wildman–Crippen MR) is 156 cm³/mol. The first-order valence-electron chi connectivity index (χ1n) is 13.0. The minimum Gasteiger partial charge on any atom is -0.490 e. The number of hydrogen-bond donors (Lipinski definition) is 0. The van der Waals surface area contributed by atoms with E-state index in [9.17, 15) is 4.79 Å². The Labute approximate surface area is 238 Å². The number of benzene rings is 3. The Hall–Kier alpha value is -5.22. The SMILES string of the molecule is C=CCOc1ccc(-c2nn(-c3ccccc3)cc2C=c2sc3nc(C4COc5ccccc5O4)nn3c2=O)cc1. The molecule has 0 fully saturated rings. The minimum absolute atomic E-state index is 0.257. The quantitative estimate of drug-likeness (QED) is 0.263. The Morgan fingerprint density at radius 2 is 1.78 bits per heavy atom. The smallest absolute Gasteiger partial charge is 0.291 e. The van der Waals surface area contributed by atoms with Gasteiger partial charge in [-0.25, -0.2) is 4.68 Å². The average Bonchev–Trinajstić information content (AvgIpc) is 3.71. The Bertz CT molecular complexity index is 1980. The lowest BCUT2D eigenvalue weighted by atomic mass is 10.1. The predicted octanol–water partition coefficient (Wildman–Crippen LogP) is 4.63. The standard InChI is InChI=1S/C31H23N5O4S/c1-2-16-38-23-14-12-20(13-15-23)28-21(18-35(33-28)22-8-4-3-5-9-22)17-27-30(37)36-31(41-27)32-29(34-36)26-19-39-24-10-6-7-11-25(24)40-26/h2-15,17-18,26H,1,16,19H2. The second-order valence-corrected chi connectivity index (χ2v) is 10.3. The van der Waals surface area contributed by atoms with E-state index in [2.05, 4.69) is 16.7 Å². The molecule has 0 aliphatic carbocycles. The second kappa shape index (κ2) is 10.4. The summed E-state index contributed by atoms with van der Waals surface area (Å²) in [6.07, 6.45) is 4.95. The monoisotopic (exact) mass is 561 g/mol. The fraction of sp³-hybridized carbons (Fsp3) is 0.0968. The molecule has 0 radical (unpaired) electrons. The molecule has 0 bridgehead atoms. The van der Waals surface area contributed by atoms with Crippen molar-refractivity contribution in [2.75, 3.05) is 13.2 Å². The van der Waals surface area contributed by atoms with Gasteiger partial charge in [0.1, 0.15) is 24.7 Å². The van der Waals surface area contributed by atoms with Crippen LogP contribution in [0.5, 0.6) is 17.2 Å². The molecule has 1 aliphatic heterocycles. The average molecular weight is 562 g/mol. The number of fused-ring (bicyclic) bond motifs is 2. The van der Waals surface area contributed by atoms with Crippen molar-refractivity contribution in [3.05, 3.63) is 124 Å². The molecule has 1 aliphatic rings. The van der Waals surface area contributed by atoms with E-state index in [-0.39, 0.29) is 12.2 Å². The van der Waals surface area contributed by atoms with Crippen molar-refractivity contribution >= 4 is 22.4 Å². The van der Waals surface area contributed by atoms with Crippen molar-refractivity contribution in [2.24, 2.45) is 0 Å². The number of nitrogens with zero attached hydrogens (tertiary/aromatic N) is 5. The first-order chi connectivity index (χ1) is 20.2. The van der Waals surface area contributed by atoms with Gasteiger partial charge in [0.05, 0.1) is 10.2 Å². The summed E-state index contributed by atoms with van der Waals surface area (Å²) in [5, 5.41) is 9.34. The summed E-state index contributed by atoms with van der Waals surface area (Å²) >= 11 is 1.27. The molecule has 3 aromatic heterocycles. The van der Waals surface area contributed by atoms with Crippen LogP contribution in [0.25, 0.3) is 28.0 Å². The van der Waals surface area contributed by atoms with E-state index < -0.39 is 6.10 Å². The molecule has 202 valence electrons. The van der Waals surface area contributed by atoms with Gasteiger partial charge < -0.3 is 14.2 Å². The molecule has 4 heterocycles. The van der Waals surface area contributed by atoms with Gasteiger partial charge in [-0.1, -0.05) is 54.3 Å². The molecule has 9 nitrogen and oxygen atoms in total. The van der Waals surface area contributed by atoms with Crippen LogP contribution in [0.1, 0.15) is 17.5 Å². The Kier molecular flexibility index (Phi) is 6.29. The lowest BCUT2D eigenvalue weighted by Crippen LogP contribution is -2.26. The summed E-state index contributed by atoms with van der Waals surface area (Å²) in [5.74, 6) is 2.45. The third-order valence-electron chi connectivity index (χ3n) is 6.54. The highest BCUT2D eigenvalue weighted by Gasteiger charge is 2.27. The van der Waals surface area contributed by atoms with E-state index in [4.69, 9.17) is 19.3 Å². The van der Waals surface area contributed by atoms with Gasteiger partial charge in [0.15, 0.2) is 23.4 Å². The number of ether oxygens (including phenoxy) is 3. The van der Waals surface area contributed by atoms with Crippen LogP contribution in [0, 0.1) is 0 Å². The molecule has 6 aromatic rings. The molecule has 10 heteroatoms. The summed E-state index contributed by atoms with van der Waals surface area (Å²) in [5.41, 5.74) is 3.06. The fourth-order valence-corrected chi connectivity index (χ4v) is 5.47. The topological polar surface area (TPSA) is 92.8 Å². The first kappa shape index (κ1) is 24.8. The van der Waals surface area contributed by atoms with Crippen molar-refractivity contribution in [2.45, 2.75) is 6.10 Å². The van der Waals surface area contributed by atoms with Crippen LogP contribution in [0.15, 0.2) is 103 Å². The van der Waals surface area contributed by atoms with Crippen molar-refractivity contribution < 1.29 is 14.2 Å². The molecule has 41 heavy (non-hydrogen) atoms. The Balaban J connectivity index is 1.26. The van der Waals surface area contributed by atoms with Gasteiger partial charge in [-0.3, -0.25) is 4.79 Å². The third kappa shape index (κ3) is 4.74. The number of rotatable bonds is 7. The fourth-order valence-electron chi connectivity index (χ4n) is 4.57. The zero-order valence-electron chi connectivity index (χ0n) is 21.7. The summed E-state index contributed by atoms with van der Waals surface area (Å²) < 4.78 is 21.1. The molecule has 0 saturated heterocycles. The lowest BCUT2D eigenvalue weighted by Gasteiger charge is -2.24. The van der Waals surface area contributed by atoms with E-state index >= 15 is 0 Å². The molecular weight excluding hydrogens is 538 g/mol. The van der Waals surface area contributed by atoms with E-state index in [0.717, 1.165) is 28.3 Å². The number of para-hydroxylation sites is 3. The zero-order valence-corrected chi connectivity index (χ0v) is 22.5. The molecule has 1 unspecified atom stereocenters. The van der Waals surface area contributed by atoms with Gasteiger partial charge in [-0.2, -0.15) is 14.6 Å². The van der Waals surface area contributed by atoms with Crippen LogP contribution in [0.4, 0.5) is 0 Å². The van der Waals surface area contributed by atoms with Gasteiger partial charge >= 0.3 is 0 Å². The summed E-state index contributed by atoms with van der Waals surface area (Å²) in [4.78, 5) is 18.5. The van der Waals surface area contributed by atoms with Crippen molar-refractivity contribution in [1.29, 1.82) is 0 Å². The lowest BCUT2D eigenvalue weighted by molar-refractivity contribution is 0.0852. The third-order valence-corrected chi connectivity index (χ3v) is 7.50. The first-order valence-corrected chi connectivity index (χ1v) is 13.8. The molecule has 7 rings (SSSR count). The van der Waals surface area contributed by atoms with Gasteiger partial charge in [-0.05, 0) is 54.6 Å². The number of aromatic nitrogens is 5. The van der Waals surface area contributed by atoms with E-state index in [0.29, 0.717) is 33.4 Å². The summed E-state index contributed by atoms with van der Waals surface area (Å²) in [7, 11) is 0. The van der Waals surface area contributed by atoms with Crippen LogP contribution in [0.2, 0.25) is 0 Å². The van der Waals surface area contributed by atoms with Gasteiger partial charge in [0, 0.05) is 17.3 Å². The molecular formula is C31H23N5O4S. The largest absolute Gasteiger partial charge is 0.490 e. The normalized spacial score (nSPS) is 14.8. The Morgan fingerprint density at radius 3 is 2.56 bits per heavy atom.